The van der Waals surface area contributed by atoms with E-state index in [0.29, 0.717) is 6.42 Å². The first-order chi connectivity index (χ1) is 7.48. The quantitative estimate of drug-likeness (QED) is 0.840. The molecule has 0 radical (unpaired) electrons. The fourth-order valence-corrected chi connectivity index (χ4v) is 2.13. The van der Waals surface area contributed by atoms with E-state index >= 15 is 0 Å². The van der Waals surface area contributed by atoms with E-state index in [0.717, 1.165) is 5.56 Å². The Morgan fingerprint density at radius 3 is 2.38 bits per heavy atom. The molecule has 4 heteroatoms. The van der Waals surface area contributed by atoms with Crippen molar-refractivity contribution in [3.05, 3.63) is 35.4 Å². The molecule has 0 aliphatic heterocycles. The molecule has 0 amide bonds. The van der Waals surface area contributed by atoms with E-state index in [-0.39, 0.29) is 24.3 Å². The lowest BCUT2D eigenvalue weighted by Gasteiger charge is -2.11. The Morgan fingerprint density at radius 1 is 1.31 bits per heavy atom. The second-order valence-corrected chi connectivity index (χ2v) is 4.22. The van der Waals surface area contributed by atoms with Crippen LogP contribution in [0.1, 0.15) is 41.1 Å². The summed E-state index contributed by atoms with van der Waals surface area (Å²) in [5, 5.41) is 8.70. The summed E-state index contributed by atoms with van der Waals surface area (Å²) in [6.07, 6.45) is 0.275. The number of alkyl halides is 2. The molecular formula is C12H12F2O2. The number of carboxylic acid groups (broad SMARTS) is 1. The molecule has 1 aromatic carbocycles. The zero-order valence-electron chi connectivity index (χ0n) is 8.62. The second-order valence-electron chi connectivity index (χ2n) is 4.22. The molecule has 2 nitrogen and oxygen atoms in total. The first-order valence-corrected chi connectivity index (χ1v) is 5.19. The molecule has 0 saturated heterocycles. The standard InChI is InChI=1S/C12H12F2O2/c13-12(14)6-5-10(7-12)8-1-3-9(4-2-8)11(15)16/h1-4,10H,5-7H2,(H,15,16)/t10-/m0/s1. The fourth-order valence-electron chi connectivity index (χ4n) is 2.13. The minimum atomic E-state index is -2.56. The molecule has 0 aromatic heterocycles. The summed E-state index contributed by atoms with van der Waals surface area (Å²) in [6, 6.07) is 6.20. The molecular weight excluding hydrogens is 214 g/mol. The topological polar surface area (TPSA) is 37.3 Å². The number of carbonyl (C=O) groups is 1. The molecule has 0 unspecified atom stereocenters. The highest BCUT2D eigenvalue weighted by Crippen LogP contribution is 2.44. The number of benzene rings is 1. The van der Waals surface area contributed by atoms with Crippen molar-refractivity contribution in [1.82, 2.24) is 0 Å². The van der Waals surface area contributed by atoms with Crippen molar-refractivity contribution in [2.45, 2.75) is 31.1 Å². The highest BCUT2D eigenvalue weighted by molar-refractivity contribution is 5.87. The van der Waals surface area contributed by atoms with Crippen molar-refractivity contribution >= 4 is 5.97 Å². The molecule has 1 saturated carbocycles. The van der Waals surface area contributed by atoms with Crippen LogP contribution in [0.4, 0.5) is 8.78 Å². The maximum atomic E-state index is 13.0. The fraction of sp³-hybridized carbons (Fsp3) is 0.417. The van der Waals surface area contributed by atoms with Gasteiger partial charge in [-0.25, -0.2) is 13.6 Å². The van der Waals surface area contributed by atoms with Gasteiger partial charge in [-0.1, -0.05) is 12.1 Å². The minimum absolute atomic E-state index is 0.0711. The lowest BCUT2D eigenvalue weighted by Crippen LogP contribution is -2.09. The summed E-state index contributed by atoms with van der Waals surface area (Å²) in [5.74, 6) is -3.70. The summed E-state index contributed by atoms with van der Waals surface area (Å²) in [4.78, 5) is 10.6. The van der Waals surface area contributed by atoms with Gasteiger partial charge in [0.15, 0.2) is 0 Å². The SMILES string of the molecule is O=C(O)c1ccc([C@H]2CCC(F)(F)C2)cc1. The van der Waals surface area contributed by atoms with Crippen molar-refractivity contribution < 1.29 is 18.7 Å². The number of aromatic carboxylic acids is 1. The Morgan fingerprint density at radius 2 is 1.94 bits per heavy atom. The van der Waals surface area contributed by atoms with Crippen LogP contribution in [0.25, 0.3) is 0 Å². The molecule has 1 atom stereocenters. The van der Waals surface area contributed by atoms with Crippen molar-refractivity contribution in [2.24, 2.45) is 0 Å². The molecule has 2 rings (SSSR count). The minimum Gasteiger partial charge on any atom is -0.478 e. The summed E-state index contributed by atoms with van der Waals surface area (Å²) < 4.78 is 26.0. The number of hydrogen-bond acceptors (Lipinski definition) is 1. The Labute approximate surface area is 91.9 Å². The average Bonchev–Trinajstić information content (AvgIpc) is 2.59. The van der Waals surface area contributed by atoms with Crippen LogP contribution in [-0.4, -0.2) is 17.0 Å². The van der Waals surface area contributed by atoms with E-state index < -0.39 is 11.9 Å². The number of hydrogen-bond donors (Lipinski definition) is 1. The lowest BCUT2D eigenvalue weighted by atomic mass is 9.96. The van der Waals surface area contributed by atoms with Gasteiger partial charge >= 0.3 is 5.97 Å². The van der Waals surface area contributed by atoms with Gasteiger partial charge < -0.3 is 5.11 Å². The van der Waals surface area contributed by atoms with Gasteiger partial charge in [-0.2, -0.15) is 0 Å². The third-order valence-corrected chi connectivity index (χ3v) is 3.03. The van der Waals surface area contributed by atoms with Crippen LogP contribution in [0.2, 0.25) is 0 Å². The van der Waals surface area contributed by atoms with E-state index in [1.165, 1.54) is 12.1 Å². The van der Waals surface area contributed by atoms with Gasteiger partial charge in [0.25, 0.3) is 0 Å². The van der Waals surface area contributed by atoms with Gasteiger partial charge in [0.2, 0.25) is 5.92 Å². The van der Waals surface area contributed by atoms with Crippen LogP contribution in [0.15, 0.2) is 24.3 Å². The molecule has 0 heterocycles. The van der Waals surface area contributed by atoms with Crippen LogP contribution in [-0.2, 0) is 0 Å². The molecule has 1 N–H and O–H groups in total. The zero-order chi connectivity index (χ0) is 11.8. The third-order valence-electron chi connectivity index (χ3n) is 3.03. The van der Waals surface area contributed by atoms with Crippen molar-refractivity contribution in [1.29, 1.82) is 0 Å². The maximum Gasteiger partial charge on any atom is 0.335 e. The van der Waals surface area contributed by atoms with Gasteiger partial charge in [-0.05, 0) is 30.0 Å². The van der Waals surface area contributed by atoms with E-state index in [2.05, 4.69) is 0 Å². The van der Waals surface area contributed by atoms with Crippen molar-refractivity contribution in [3.63, 3.8) is 0 Å². The van der Waals surface area contributed by atoms with Crippen molar-refractivity contribution in [3.8, 4) is 0 Å². The summed E-state index contributed by atoms with van der Waals surface area (Å²) >= 11 is 0. The van der Waals surface area contributed by atoms with Crippen LogP contribution >= 0.6 is 0 Å². The van der Waals surface area contributed by atoms with Gasteiger partial charge in [-0.3, -0.25) is 0 Å². The Hall–Kier alpha value is -1.45. The Bertz CT molecular complexity index is 398. The molecule has 1 fully saturated rings. The summed E-state index contributed by atoms with van der Waals surface area (Å²) in [5.41, 5.74) is 0.996. The van der Waals surface area contributed by atoms with E-state index in [1.54, 1.807) is 12.1 Å². The molecule has 1 aliphatic rings. The average molecular weight is 226 g/mol. The van der Waals surface area contributed by atoms with Gasteiger partial charge in [-0.15, -0.1) is 0 Å². The zero-order valence-corrected chi connectivity index (χ0v) is 8.62. The summed E-state index contributed by atoms with van der Waals surface area (Å²) in [7, 11) is 0. The van der Waals surface area contributed by atoms with E-state index in [4.69, 9.17) is 5.11 Å². The maximum absolute atomic E-state index is 13.0. The van der Waals surface area contributed by atoms with Crippen LogP contribution < -0.4 is 0 Å². The number of carboxylic acids is 1. The molecule has 1 aromatic rings. The van der Waals surface area contributed by atoms with Gasteiger partial charge in [0.05, 0.1) is 5.56 Å². The first-order valence-electron chi connectivity index (χ1n) is 5.19. The van der Waals surface area contributed by atoms with E-state index in [9.17, 15) is 13.6 Å². The first kappa shape index (κ1) is 11.0. The molecule has 86 valence electrons. The summed E-state index contributed by atoms with van der Waals surface area (Å²) in [6.45, 7) is 0. The van der Waals surface area contributed by atoms with Crippen LogP contribution in [0, 0.1) is 0 Å². The smallest absolute Gasteiger partial charge is 0.335 e. The highest BCUT2D eigenvalue weighted by atomic mass is 19.3. The van der Waals surface area contributed by atoms with Crippen LogP contribution in [0.3, 0.4) is 0 Å². The molecule has 1 aliphatic carbocycles. The van der Waals surface area contributed by atoms with Gasteiger partial charge in [0, 0.05) is 12.8 Å². The number of rotatable bonds is 2. The van der Waals surface area contributed by atoms with Crippen LogP contribution in [0.5, 0.6) is 0 Å². The monoisotopic (exact) mass is 226 g/mol. The van der Waals surface area contributed by atoms with Gasteiger partial charge in [0.1, 0.15) is 0 Å². The second kappa shape index (κ2) is 3.85. The van der Waals surface area contributed by atoms with E-state index in [1.807, 2.05) is 0 Å². The predicted molar refractivity (Wildman–Crippen MR) is 54.9 cm³/mol. The number of halogens is 2. The molecule has 0 bridgehead atoms. The van der Waals surface area contributed by atoms with Crippen molar-refractivity contribution in [2.75, 3.05) is 0 Å². The molecule has 0 spiro atoms. The molecule has 16 heavy (non-hydrogen) atoms. The predicted octanol–water partition coefficient (Wildman–Crippen LogP) is 3.29. The highest BCUT2D eigenvalue weighted by Gasteiger charge is 2.39. The normalized spacial score (nSPS) is 23.2. The largest absolute Gasteiger partial charge is 0.478 e. The lowest BCUT2D eigenvalue weighted by molar-refractivity contribution is 0.00775. The Balaban J connectivity index is 2.14. The third kappa shape index (κ3) is 2.21. The Kier molecular flexibility index (Phi) is 2.66.